The molecule has 1 atom stereocenters. The molecule has 0 saturated heterocycles. The van der Waals surface area contributed by atoms with Crippen molar-refractivity contribution < 1.29 is 9.18 Å². The molecule has 0 radical (unpaired) electrons. The van der Waals surface area contributed by atoms with E-state index in [-0.39, 0.29) is 24.3 Å². The van der Waals surface area contributed by atoms with Gasteiger partial charge < -0.3 is 10.6 Å². The fourth-order valence-corrected chi connectivity index (χ4v) is 3.18. The van der Waals surface area contributed by atoms with E-state index in [1.807, 2.05) is 47.8 Å². The normalized spacial score (nSPS) is 11.7. The third-order valence-corrected chi connectivity index (χ3v) is 4.50. The first-order valence-corrected chi connectivity index (χ1v) is 8.47. The van der Waals surface area contributed by atoms with Crippen molar-refractivity contribution in [1.82, 2.24) is 5.32 Å². The van der Waals surface area contributed by atoms with Gasteiger partial charge in [0.2, 0.25) is 5.91 Å². The monoisotopic (exact) mass is 340 g/mol. The van der Waals surface area contributed by atoms with Gasteiger partial charge in [-0.25, -0.2) is 4.39 Å². The first-order valence-electron chi connectivity index (χ1n) is 7.59. The number of hydrogen-bond donors (Lipinski definition) is 2. The van der Waals surface area contributed by atoms with E-state index in [1.54, 1.807) is 23.5 Å². The van der Waals surface area contributed by atoms with Gasteiger partial charge in [-0.3, -0.25) is 4.79 Å². The van der Waals surface area contributed by atoms with Crippen molar-refractivity contribution >= 4 is 22.9 Å². The van der Waals surface area contributed by atoms with Gasteiger partial charge in [0, 0.05) is 10.6 Å². The summed E-state index contributed by atoms with van der Waals surface area (Å²) in [6.07, 6.45) is 0. The zero-order chi connectivity index (χ0) is 16.8. The molecule has 3 aromatic rings. The van der Waals surface area contributed by atoms with Gasteiger partial charge in [-0.05, 0) is 41.3 Å². The first kappa shape index (κ1) is 16.2. The molecule has 5 heteroatoms. The highest BCUT2D eigenvalue weighted by Gasteiger charge is 2.17. The van der Waals surface area contributed by atoms with Crippen molar-refractivity contribution in [3.05, 3.63) is 88.4 Å². The maximum atomic E-state index is 12.9. The molecule has 0 fully saturated rings. The lowest BCUT2D eigenvalue weighted by Crippen LogP contribution is -2.33. The Kier molecular flexibility index (Phi) is 5.23. The SMILES string of the molecule is O=C(CNc1ccc(F)cc1)N[C@@H](c1ccccc1)c1cccs1. The summed E-state index contributed by atoms with van der Waals surface area (Å²) in [7, 11) is 0. The largest absolute Gasteiger partial charge is 0.376 e. The minimum absolute atomic E-state index is 0.124. The second kappa shape index (κ2) is 7.75. The molecule has 0 unspecified atom stereocenters. The zero-order valence-electron chi connectivity index (χ0n) is 12.9. The van der Waals surface area contributed by atoms with E-state index in [9.17, 15) is 9.18 Å². The van der Waals surface area contributed by atoms with E-state index in [1.165, 1.54) is 12.1 Å². The van der Waals surface area contributed by atoms with E-state index in [0.29, 0.717) is 5.69 Å². The Balaban J connectivity index is 1.66. The van der Waals surface area contributed by atoms with E-state index in [0.717, 1.165) is 10.4 Å². The van der Waals surface area contributed by atoms with Crippen LogP contribution >= 0.6 is 11.3 Å². The zero-order valence-corrected chi connectivity index (χ0v) is 13.7. The van der Waals surface area contributed by atoms with Gasteiger partial charge in [0.1, 0.15) is 5.82 Å². The number of rotatable bonds is 6. The second-order valence-corrected chi connectivity index (χ2v) is 6.27. The Bertz CT molecular complexity index is 773. The highest BCUT2D eigenvalue weighted by atomic mass is 32.1. The van der Waals surface area contributed by atoms with Crippen LogP contribution in [0.1, 0.15) is 16.5 Å². The van der Waals surface area contributed by atoms with Crippen LogP contribution in [0.3, 0.4) is 0 Å². The molecule has 2 aromatic carbocycles. The lowest BCUT2D eigenvalue weighted by atomic mass is 10.1. The van der Waals surface area contributed by atoms with Crippen LogP contribution in [0, 0.1) is 5.82 Å². The smallest absolute Gasteiger partial charge is 0.240 e. The van der Waals surface area contributed by atoms with Crippen molar-refractivity contribution in [3.63, 3.8) is 0 Å². The van der Waals surface area contributed by atoms with Crippen LogP contribution in [0.2, 0.25) is 0 Å². The van der Waals surface area contributed by atoms with Crippen LogP contribution in [-0.2, 0) is 4.79 Å². The Morgan fingerprint density at radius 2 is 1.75 bits per heavy atom. The van der Waals surface area contributed by atoms with Gasteiger partial charge in [-0.2, -0.15) is 0 Å². The van der Waals surface area contributed by atoms with Crippen molar-refractivity contribution in [2.75, 3.05) is 11.9 Å². The van der Waals surface area contributed by atoms with Gasteiger partial charge in [0.25, 0.3) is 0 Å². The van der Waals surface area contributed by atoms with E-state index in [4.69, 9.17) is 0 Å². The molecular formula is C19H17FN2OS. The summed E-state index contributed by atoms with van der Waals surface area (Å²) in [5.41, 5.74) is 1.74. The molecule has 122 valence electrons. The van der Waals surface area contributed by atoms with Crippen LogP contribution in [-0.4, -0.2) is 12.5 Å². The molecule has 0 spiro atoms. The molecule has 3 rings (SSSR count). The quantitative estimate of drug-likeness (QED) is 0.706. The summed E-state index contributed by atoms with van der Waals surface area (Å²) in [6.45, 7) is 0.125. The molecule has 0 saturated carbocycles. The third-order valence-electron chi connectivity index (χ3n) is 3.56. The van der Waals surface area contributed by atoms with Gasteiger partial charge in [0.05, 0.1) is 12.6 Å². The molecule has 1 heterocycles. The molecule has 0 bridgehead atoms. The average molecular weight is 340 g/mol. The fraction of sp³-hybridized carbons (Fsp3) is 0.105. The second-order valence-electron chi connectivity index (χ2n) is 5.29. The van der Waals surface area contributed by atoms with Gasteiger partial charge in [-0.1, -0.05) is 36.4 Å². The number of anilines is 1. The molecule has 0 aliphatic heterocycles. The highest BCUT2D eigenvalue weighted by Crippen LogP contribution is 2.25. The maximum Gasteiger partial charge on any atom is 0.240 e. The van der Waals surface area contributed by atoms with Crippen LogP contribution in [0.25, 0.3) is 0 Å². The summed E-state index contributed by atoms with van der Waals surface area (Å²) in [5, 5.41) is 8.04. The molecule has 1 amide bonds. The summed E-state index contributed by atoms with van der Waals surface area (Å²) in [6, 6.07) is 19.6. The van der Waals surface area contributed by atoms with Gasteiger partial charge in [0.15, 0.2) is 0 Å². The fourth-order valence-electron chi connectivity index (χ4n) is 2.38. The molecule has 1 aromatic heterocycles. The van der Waals surface area contributed by atoms with Crippen molar-refractivity contribution in [2.45, 2.75) is 6.04 Å². The summed E-state index contributed by atoms with van der Waals surface area (Å²) >= 11 is 1.61. The van der Waals surface area contributed by atoms with E-state index >= 15 is 0 Å². The predicted molar refractivity (Wildman–Crippen MR) is 95.6 cm³/mol. The summed E-state index contributed by atoms with van der Waals surface area (Å²) in [5.74, 6) is -0.423. The van der Waals surface area contributed by atoms with Crippen LogP contribution < -0.4 is 10.6 Å². The Hall–Kier alpha value is -2.66. The van der Waals surface area contributed by atoms with Crippen LogP contribution in [0.5, 0.6) is 0 Å². The van der Waals surface area contributed by atoms with Gasteiger partial charge >= 0.3 is 0 Å². The van der Waals surface area contributed by atoms with Crippen LogP contribution in [0.15, 0.2) is 72.1 Å². The van der Waals surface area contributed by atoms with E-state index in [2.05, 4.69) is 10.6 Å². The Morgan fingerprint density at radius 1 is 1.00 bits per heavy atom. The molecule has 0 aliphatic rings. The Labute approximate surface area is 144 Å². The number of carbonyl (C=O) groups excluding carboxylic acids is 1. The number of thiophene rings is 1. The standard InChI is InChI=1S/C19H17FN2OS/c20-15-8-10-16(11-9-15)21-13-18(23)22-19(17-7-4-12-24-17)14-5-2-1-3-6-14/h1-12,19,21H,13H2,(H,22,23)/t19-/m0/s1. The number of nitrogens with one attached hydrogen (secondary N) is 2. The third kappa shape index (κ3) is 4.20. The summed E-state index contributed by atoms with van der Waals surface area (Å²) in [4.78, 5) is 13.4. The average Bonchev–Trinajstić information content (AvgIpc) is 3.14. The molecule has 24 heavy (non-hydrogen) atoms. The van der Waals surface area contributed by atoms with Gasteiger partial charge in [-0.15, -0.1) is 11.3 Å². The lowest BCUT2D eigenvalue weighted by molar-refractivity contribution is -0.119. The molecule has 3 nitrogen and oxygen atoms in total. The molecule has 2 N–H and O–H groups in total. The minimum atomic E-state index is -0.299. The van der Waals surface area contributed by atoms with Crippen molar-refractivity contribution in [2.24, 2.45) is 0 Å². The first-order chi connectivity index (χ1) is 11.7. The summed E-state index contributed by atoms with van der Waals surface area (Å²) < 4.78 is 12.9. The van der Waals surface area contributed by atoms with Crippen molar-refractivity contribution in [3.8, 4) is 0 Å². The molecular weight excluding hydrogens is 323 g/mol. The van der Waals surface area contributed by atoms with E-state index < -0.39 is 0 Å². The number of carbonyl (C=O) groups is 1. The molecule has 0 aliphatic carbocycles. The Morgan fingerprint density at radius 3 is 2.42 bits per heavy atom. The van der Waals surface area contributed by atoms with Crippen LogP contribution in [0.4, 0.5) is 10.1 Å². The topological polar surface area (TPSA) is 41.1 Å². The number of amides is 1. The lowest BCUT2D eigenvalue weighted by Gasteiger charge is -2.18. The van der Waals surface area contributed by atoms with Crippen molar-refractivity contribution in [1.29, 1.82) is 0 Å². The maximum absolute atomic E-state index is 12.9. The number of hydrogen-bond acceptors (Lipinski definition) is 3. The highest BCUT2D eigenvalue weighted by molar-refractivity contribution is 7.10. The number of benzene rings is 2. The predicted octanol–water partition coefficient (Wildman–Crippen LogP) is 4.20. The minimum Gasteiger partial charge on any atom is -0.376 e. The number of halogens is 1.